The van der Waals surface area contributed by atoms with Crippen LogP contribution in [0.1, 0.15) is 12.5 Å². The molecule has 0 saturated carbocycles. The van der Waals surface area contributed by atoms with E-state index in [2.05, 4.69) is 24.0 Å². The molecule has 3 nitrogen and oxygen atoms in total. The molecule has 1 heterocycles. The number of hydrogen-bond acceptors (Lipinski definition) is 3. The highest BCUT2D eigenvalue weighted by molar-refractivity contribution is 5.73. The van der Waals surface area contributed by atoms with Crippen molar-refractivity contribution in [3.05, 3.63) is 35.9 Å². The fourth-order valence-electron chi connectivity index (χ4n) is 1.69. The molecule has 0 aliphatic carbocycles. The van der Waals surface area contributed by atoms with Crippen LogP contribution in [0.3, 0.4) is 0 Å². The number of nitrogens with zero attached hydrogens (tertiary/aromatic N) is 1. The summed E-state index contributed by atoms with van der Waals surface area (Å²) < 4.78 is 5.17. The number of rotatable bonds is 2. The Bertz CT molecular complexity index is 348. The van der Waals surface area contributed by atoms with Gasteiger partial charge in [0.05, 0.1) is 0 Å². The van der Waals surface area contributed by atoms with E-state index in [0.29, 0.717) is 12.6 Å². The molecule has 0 bridgehead atoms. The van der Waals surface area contributed by atoms with Crippen molar-refractivity contribution in [1.82, 2.24) is 0 Å². The van der Waals surface area contributed by atoms with Crippen LogP contribution in [0.25, 0.3) is 0 Å². The average Bonchev–Trinajstić information content (AvgIpc) is 2.47. The molecular weight excluding hydrogens is 176 g/mol. The number of hydrogen-bond donors (Lipinski definition) is 1. The predicted octanol–water partition coefficient (Wildman–Crippen LogP) is 1.33. The molecule has 74 valence electrons. The number of aliphatic imine (C=N–C) groups is 1. The molecule has 0 radical (unpaired) electrons. The Kier molecular flexibility index (Phi) is 2.15. The van der Waals surface area contributed by atoms with E-state index in [1.165, 1.54) is 5.56 Å². The van der Waals surface area contributed by atoms with Gasteiger partial charge in [0.25, 0.3) is 6.02 Å². The lowest BCUT2D eigenvalue weighted by atomic mass is 9.95. The van der Waals surface area contributed by atoms with Gasteiger partial charge in [0.15, 0.2) is 0 Å². The van der Waals surface area contributed by atoms with Gasteiger partial charge in [0.1, 0.15) is 12.1 Å². The maximum atomic E-state index is 5.49. The van der Waals surface area contributed by atoms with Crippen LogP contribution in [-0.4, -0.2) is 18.2 Å². The van der Waals surface area contributed by atoms with Gasteiger partial charge in [-0.3, -0.25) is 0 Å². The van der Waals surface area contributed by atoms with Crippen molar-refractivity contribution in [2.75, 3.05) is 6.61 Å². The summed E-state index contributed by atoms with van der Waals surface area (Å²) >= 11 is 0. The second-order valence-electron chi connectivity index (χ2n) is 3.90. The summed E-state index contributed by atoms with van der Waals surface area (Å²) in [6.45, 7) is 2.63. The lowest BCUT2D eigenvalue weighted by Crippen LogP contribution is -2.26. The molecule has 0 aromatic heterocycles. The van der Waals surface area contributed by atoms with Crippen molar-refractivity contribution in [2.24, 2.45) is 10.7 Å². The SMILES string of the molecule is CC1(Cc2ccccc2)COC(N)=N1. The van der Waals surface area contributed by atoms with Gasteiger partial charge in [-0.05, 0) is 12.5 Å². The Balaban J connectivity index is 2.12. The Labute approximate surface area is 83.6 Å². The smallest absolute Gasteiger partial charge is 0.282 e. The summed E-state index contributed by atoms with van der Waals surface area (Å²) in [7, 11) is 0. The van der Waals surface area contributed by atoms with Crippen LogP contribution in [0, 0.1) is 0 Å². The van der Waals surface area contributed by atoms with Gasteiger partial charge in [-0.25, -0.2) is 4.99 Å². The highest BCUT2D eigenvalue weighted by Crippen LogP contribution is 2.22. The Morgan fingerprint density at radius 3 is 2.71 bits per heavy atom. The van der Waals surface area contributed by atoms with Crippen molar-refractivity contribution < 1.29 is 4.74 Å². The zero-order chi connectivity index (χ0) is 10.0. The topological polar surface area (TPSA) is 47.6 Å². The van der Waals surface area contributed by atoms with Crippen molar-refractivity contribution in [3.63, 3.8) is 0 Å². The fourth-order valence-corrected chi connectivity index (χ4v) is 1.69. The molecule has 1 aromatic rings. The normalized spacial score (nSPS) is 25.6. The first-order chi connectivity index (χ1) is 6.68. The molecule has 14 heavy (non-hydrogen) atoms. The fraction of sp³-hybridized carbons (Fsp3) is 0.364. The van der Waals surface area contributed by atoms with Crippen molar-refractivity contribution in [2.45, 2.75) is 18.9 Å². The van der Waals surface area contributed by atoms with E-state index < -0.39 is 0 Å². The van der Waals surface area contributed by atoms with E-state index in [1.807, 2.05) is 18.2 Å². The summed E-state index contributed by atoms with van der Waals surface area (Å²) in [5, 5.41) is 0. The zero-order valence-corrected chi connectivity index (χ0v) is 8.23. The largest absolute Gasteiger partial charge is 0.463 e. The van der Waals surface area contributed by atoms with Gasteiger partial charge in [-0.2, -0.15) is 0 Å². The Hall–Kier alpha value is -1.51. The molecule has 1 unspecified atom stereocenters. The first-order valence-corrected chi connectivity index (χ1v) is 4.70. The second kappa shape index (κ2) is 3.33. The number of amidine groups is 1. The summed E-state index contributed by atoms with van der Waals surface area (Å²) in [6, 6.07) is 10.6. The molecule has 1 aliphatic heterocycles. The maximum Gasteiger partial charge on any atom is 0.282 e. The van der Waals surface area contributed by atoms with Crippen LogP contribution < -0.4 is 5.73 Å². The minimum atomic E-state index is -0.189. The molecule has 0 saturated heterocycles. The first-order valence-electron chi connectivity index (χ1n) is 4.70. The Morgan fingerprint density at radius 2 is 2.14 bits per heavy atom. The van der Waals surface area contributed by atoms with Crippen LogP contribution in [0.15, 0.2) is 35.3 Å². The lowest BCUT2D eigenvalue weighted by molar-refractivity contribution is 0.263. The molecule has 0 spiro atoms. The molecule has 2 N–H and O–H groups in total. The predicted molar refractivity (Wildman–Crippen MR) is 56.1 cm³/mol. The lowest BCUT2D eigenvalue weighted by Gasteiger charge is -2.17. The molecule has 1 aliphatic rings. The zero-order valence-electron chi connectivity index (χ0n) is 8.23. The molecule has 3 heteroatoms. The van der Waals surface area contributed by atoms with Crippen LogP contribution in [0.4, 0.5) is 0 Å². The van der Waals surface area contributed by atoms with Crippen molar-refractivity contribution in [1.29, 1.82) is 0 Å². The maximum absolute atomic E-state index is 5.49. The Morgan fingerprint density at radius 1 is 1.43 bits per heavy atom. The summed E-state index contributed by atoms with van der Waals surface area (Å²) in [4.78, 5) is 4.29. The van der Waals surface area contributed by atoms with Crippen LogP contribution >= 0.6 is 0 Å². The summed E-state index contributed by atoms with van der Waals surface area (Å²) in [6.07, 6.45) is 0.870. The molecular formula is C11H14N2O. The molecule has 0 amide bonds. The quantitative estimate of drug-likeness (QED) is 0.764. The van der Waals surface area contributed by atoms with Crippen molar-refractivity contribution >= 4 is 6.02 Å². The minimum absolute atomic E-state index is 0.189. The van der Waals surface area contributed by atoms with E-state index in [-0.39, 0.29) is 5.54 Å². The highest BCUT2D eigenvalue weighted by atomic mass is 16.5. The first kappa shape index (κ1) is 9.06. The standard InChI is InChI=1S/C11H14N2O/c1-11(8-14-10(12)13-11)7-9-5-3-2-4-6-9/h2-6H,7-8H2,1H3,(H2,12,13). The van der Waals surface area contributed by atoms with Gasteiger partial charge >= 0.3 is 0 Å². The number of nitrogens with two attached hydrogens (primary N) is 1. The molecule has 1 atom stereocenters. The highest BCUT2D eigenvalue weighted by Gasteiger charge is 2.30. The average molecular weight is 190 g/mol. The van der Waals surface area contributed by atoms with Crippen LogP contribution in [0.5, 0.6) is 0 Å². The van der Waals surface area contributed by atoms with E-state index in [9.17, 15) is 0 Å². The van der Waals surface area contributed by atoms with E-state index in [0.717, 1.165) is 6.42 Å². The van der Waals surface area contributed by atoms with Gasteiger partial charge < -0.3 is 10.5 Å². The third-order valence-corrected chi connectivity index (χ3v) is 2.34. The minimum Gasteiger partial charge on any atom is -0.463 e. The summed E-state index contributed by atoms with van der Waals surface area (Å²) in [5.74, 6) is 0. The second-order valence-corrected chi connectivity index (χ2v) is 3.90. The molecule has 0 fully saturated rings. The van der Waals surface area contributed by atoms with E-state index >= 15 is 0 Å². The van der Waals surface area contributed by atoms with Crippen LogP contribution in [0.2, 0.25) is 0 Å². The van der Waals surface area contributed by atoms with E-state index in [1.54, 1.807) is 0 Å². The van der Waals surface area contributed by atoms with Crippen molar-refractivity contribution in [3.8, 4) is 0 Å². The summed E-state index contributed by atoms with van der Waals surface area (Å²) in [5.41, 5.74) is 6.56. The van der Waals surface area contributed by atoms with Gasteiger partial charge in [0, 0.05) is 6.42 Å². The monoisotopic (exact) mass is 190 g/mol. The molecule has 1 aromatic carbocycles. The van der Waals surface area contributed by atoms with Gasteiger partial charge in [0.2, 0.25) is 0 Å². The van der Waals surface area contributed by atoms with Gasteiger partial charge in [-0.1, -0.05) is 30.3 Å². The third-order valence-electron chi connectivity index (χ3n) is 2.34. The van der Waals surface area contributed by atoms with Crippen LogP contribution in [-0.2, 0) is 11.2 Å². The third kappa shape index (κ3) is 1.87. The van der Waals surface area contributed by atoms with Gasteiger partial charge in [-0.15, -0.1) is 0 Å². The number of ether oxygens (including phenoxy) is 1. The van der Waals surface area contributed by atoms with E-state index in [4.69, 9.17) is 10.5 Å². The molecule has 2 rings (SSSR count). The number of benzene rings is 1.